The summed E-state index contributed by atoms with van der Waals surface area (Å²) < 4.78 is 0. The van der Waals surface area contributed by atoms with Crippen molar-refractivity contribution in [2.45, 2.75) is 44.9 Å². The molecule has 1 aromatic rings. The summed E-state index contributed by atoms with van der Waals surface area (Å²) in [5.74, 6) is 3.10. The number of hydrogen-bond acceptors (Lipinski definition) is 3. The second kappa shape index (κ2) is 4.17. The van der Waals surface area contributed by atoms with Crippen molar-refractivity contribution in [1.82, 2.24) is 9.97 Å². The number of hydrogen-bond donors (Lipinski definition) is 1. The molecule has 0 aliphatic heterocycles. The lowest BCUT2D eigenvalue weighted by atomic mass is 10.1. The standard InChI is InChI=1S/C12H19N3/c1-4-8(2)12-14-10(9-5-6-9)7-11(13-3)15-12/h7-9H,4-6H2,1-3H3,(H,13,14,15). The fourth-order valence-corrected chi connectivity index (χ4v) is 1.60. The maximum atomic E-state index is 4.66. The zero-order chi connectivity index (χ0) is 10.8. The lowest BCUT2D eigenvalue weighted by Gasteiger charge is -2.11. The van der Waals surface area contributed by atoms with Crippen LogP contribution >= 0.6 is 0 Å². The summed E-state index contributed by atoms with van der Waals surface area (Å²) in [6.07, 6.45) is 3.68. The zero-order valence-corrected chi connectivity index (χ0v) is 9.75. The topological polar surface area (TPSA) is 37.8 Å². The van der Waals surface area contributed by atoms with Gasteiger partial charge in [0.05, 0.1) is 0 Å². The third-order valence-electron chi connectivity index (χ3n) is 3.07. The van der Waals surface area contributed by atoms with Crippen LogP contribution in [0.3, 0.4) is 0 Å². The quantitative estimate of drug-likeness (QED) is 0.821. The van der Waals surface area contributed by atoms with E-state index in [1.54, 1.807) is 0 Å². The first-order chi connectivity index (χ1) is 7.24. The lowest BCUT2D eigenvalue weighted by Crippen LogP contribution is -2.05. The molecule has 2 rings (SSSR count). The summed E-state index contributed by atoms with van der Waals surface area (Å²) in [4.78, 5) is 9.17. The molecular weight excluding hydrogens is 186 g/mol. The smallest absolute Gasteiger partial charge is 0.133 e. The predicted octanol–water partition coefficient (Wildman–Crippen LogP) is 2.91. The first kappa shape index (κ1) is 10.4. The van der Waals surface area contributed by atoms with Gasteiger partial charge in [0.25, 0.3) is 0 Å². The highest BCUT2D eigenvalue weighted by Crippen LogP contribution is 2.39. The molecule has 1 aliphatic rings. The summed E-state index contributed by atoms with van der Waals surface area (Å²) >= 11 is 0. The Morgan fingerprint density at radius 3 is 2.73 bits per heavy atom. The molecule has 3 nitrogen and oxygen atoms in total. The van der Waals surface area contributed by atoms with Crippen molar-refractivity contribution in [2.24, 2.45) is 0 Å². The van der Waals surface area contributed by atoms with Crippen molar-refractivity contribution in [3.8, 4) is 0 Å². The van der Waals surface area contributed by atoms with Gasteiger partial charge >= 0.3 is 0 Å². The summed E-state index contributed by atoms with van der Waals surface area (Å²) in [6.45, 7) is 4.36. The first-order valence-corrected chi connectivity index (χ1v) is 5.81. The Hall–Kier alpha value is -1.12. The van der Waals surface area contributed by atoms with Gasteiger partial charge in [-0.25, -0.2) is 9.97 Å². The highest BCUT2D eigenvalue weighted by Gasteiger charge is 2.26. The summed E-state index contributed by atoms with van der Waals surface area (Å²) in [5, 5.41) is 3.12. The summed E-state index contributed by atoms with van der Waals surface area (Å²) in [7, 11) is 1.92. The van der Waals surface area contributed by atoms with E-state index in [2.05, 4.69) is 35.2 Å². The monoisotopic (exact) mass is 205 g/mol. The molecule has 1 aliphatic carbocycles. The Morgan fingerprint density at radius 1 is 1.47 bits per heavy atom. The molecule has 0 saturated heterocycles. The number of nitrogens with one attached hydrogen (secondary N) is 1. The molecule has 0 radical (unpaired) electrons. The Balaban J connectivity index is 2.32. The van der Waals surface area contributed by atoms with Crippen LogP contribution in [-0.4, -0.2) is 17.0 Å². The second-order valence-electron chi connectivity index (χ2n) is 4.37. The van der Waals surface area contributed by atoms with Crippen LogP contribution in [0.2, 0.25) is 0 Å². The van der Waals surface area contributed by atoms with Gasteiger partial charge in [0.15, 0.2) is 0 Å². The molecule has 0 amide bonds. The van der Waals surface area contributed by atoms with Crippen molar-refractivity contribution < 1.29 is 0 Å². The van der Waals surface area contributed by atoms with E-state index >= 15 is 0 Å². The minimum absolute atomic E-state index is 0.454. The van der Waals surface area contributed by atoms with Gasteiger partial charge in [-0.15, -0.1) is 0 Å². The summed E-state index contributed by atoms with van der Waals surface area (Å²) in [6, 6.07) is 2.09. The van der Waals surface area contributed by atoms with E-state index in [4.69, 9.17) is 0 Å². The SMILES string of the molecule is CCC(C)c1nc(NC)cc(C2CC2)n1. The average Bonchev–Trinajstić information content (AvgIpc) is 3.11. The highest BCUT2D eigenvalue weighted by molar-refractivity contribution is 5.37. The van der Waals surface area contributed by atoms with Crippen molar-refractivity contribution in [1.29, 1.82) is 0 Å². The molecule has 0 bridgehead atoms. The molecule has 1 atom stereocenters. The van der Waals surface area contributed by atoms with Gasteiger partial charge in [-0.1, -0.05) is 13.8 Å². The van der Waals surface area contributed by atoms with E-state index < -0.39 is 0 Å². The number of aromatic nitrogens is 2. The molecule has 82 valence electrons. The molecule has 1 aromatic heterocycles. The Bertz CT molecular complexity index is 345. The average molecular weight is 205 g/mol. The minimum atomic E-state index is 0.454. The van der Waals surface area contributed by atoms with E-state index in [1.807, 2.05) is 7.05 Å². The molecule has 1 fully saturated rings. The van der Waals surface area contributed by atoms with Crippen LogP contribution in [0, 0.1) is 0 Å². The van der Waals surface area contributed by atoms with Gasteiger partial charge in [-0.2, -0.15) is 0 Å². The Kier molecular flexibility index (Phi) is 2.89. The van der Waals surface area contributed by atoms with Gasteiger partial charge in [0, 0.05) is 30.6 Å². The molecule has 1 saturated carbocycles. The van der Waals surface area contributed by atoms with E-state index in [-0.39, 0.29) is 0 Å². The number of nitrogens with zero attached hydrogens (tertiary/aromatic N) is 2. The second-order valence-corrected chi connectivity index (χ2v) is 4.37. The molecule has 3 heteroatoms. The van der Waals surface area contributed by atoms with Crippen molar-refractivity contribution in [3.63, 3.8) is 0 Å². The van der Waals surface area contributed by atoms with Crippen LogP contribution < -0.4 is 5.32 Å². The van der Waals surface area contributed by atoms with Crippen LogP contribution in [0.1, 0.15) is 56.5 Å². The largest absolute Gasteiger partial charge is 0.373 e. The normalized spacial score (nSPS) is 17.5. The van der Waals surface area contributed by atoms with E-state index in [0.29, 0.717) is 11.8 Å². The molecular formula is C12H19N3. The zero-order valence-electron chi connectivity index (χ0n) is 9.75. The fraction of sp³-hybridized carbons (Fsp3) is 0.667. The van der Waals surface area contributed by atoms with E-state index in [0.717, 1.165) is 18.1 Å². The fourth-order valence-electron chi connectivity index (χ4n) is 1.60. The lowest BCUT2D eigenvalue weighted by molar-refractivity contribution is 0.672. The van der Waals surface area contributed by atoms with Crippen molar-refractivity contribution in [3.05, 3.63) is 17.6 Å². The predicted molar refractivity (Wildman–Crippen MR) is 62.3 cm³/mol. The van der Waals surface area contributed by atoms with Crippen LogP contribution in [0.25, 0.3) is 0 Å². The van der Waals surface area contributed by atoms with Crippen LogP contribution in [0.5, 0.6) is 0 Å². The third kappa shape index (κ3) is 2.28. The summed E-state index contributed by atoms with van der Waals surface area (Å²) in [5.41, 5.74) is 1.23. The minimum Gasteiger partial charge on any atom is -0.373 e. The maximum Gasteiger partial charge on any atom is 0.133 e. The van der Waals surface area contributed by atoms with E-state index in [1.165, 1.54) is 18.5 Å². The van der Waals surface area contributed by atoms with Gasteiger partial charge in [-0.3, -0.25) is 0 Å². The van der Waals surface area contributed by atoms with E-state index in [9.17, 15) is 0 Å². The molecule has 1 heterocycles. The van der Waals surface area contributed by atoms with Crippen molar-refractivity contribution >= 4 is 5.82 Å². The number of rotatable bonds is 4. The number of anilines is 1. The third-order valence-corrected chi connectivity index (χ3v) is 3.07. The van der Waals surface area contributed by atoms with Gasteiger partial charge in [0.1, 0.15) is 11.6 Å². The first-order valence-electron chi connectivity index (χ1n) is 5.81. The van der Waals surface area contributed by atoms with Crippen molar-refractivity contribution in [2.75, 3.05) is 12.4 Å². The maximum absolute atomic E-state index is 4.66. The van der Waals surface area contributed by atoms with Crippen LogP contribution in [-0.2, 0) is 0 Å². The van der Waals surface area contributed by atoms with Crippen LogP contribution in [0.4, 0.5) is 5.82 Å². The molecule has 1 N–H and O–H groups in total. The van der Waals surface area contributed by atoms with Crippen LogP contribution in [0.15, 0.2) is 6.07 Å². The molecule has 15 heavy (non-hydrogen) atoms. The molecule has 1 unspecified atom stereocenters. The molecule has 0 spiro atoms. The highest BCUT2D eigenvalue weighted by atomic mass is 15.0. The molecule has 0 aromatic carbocycles. The van der Waals surface area contributed by atoms with Gasteiger partial charge in [-0.05, 0) is 19.3 Å². The van der Waals surface area contributed by atoms with Gasteiger partial charge < -0.3 is 5.32 Å². The Morgan fingerprint density at radius 2 is 2.20 bits per heavy atom. The van der Waals surface area contributed by atoms with Gasteiger partial charge in [0.2, 0.25) is 0 Å². The Labute approximate surface area is 91.3 Å².